The maximum absolute atomic E-state index is 5.38. The number of ether oxygens (including phenoxy) is 1. The SMILES string of the molecule is CC(C)N1CCCOCCC1.Cl. The van der Waals surface area contributed by atoms with E-state index in [2.05, 4.69) is 18.7 Å². The van der Waals surface area contributed by atoms with Crippen LogP contribution in [-0.4, -0.2) is 37.2 Å². The summed E-state index contributed by atoms with van der Waals surface area (Å²) in [5.74, 6) is 0. The maximum atomic E-state index is 5.38. The van der Waals surface area contributed by atoms with Crippen molar-refractivity contribution in [1.82, 2.24) is 4.90 Å². The van der Waals surface area contributed by atoms with Crippen LogP contribution in [0.5, 0.6) is 0 Å². The molecule has 0 aromatic rings. The molecule has 3 heteroatoms. The quantitative estimate of drug-likeness (QED) is 0.631. The predicted octanol–water partition coefficient (Wildman–Crippen LogP) is 1.93. The van der Waals surface area contributed by atoms with Gasteiger partial charge in [0.1, 0.15) is 0 Å². The van der Waals surface area contributed by atoms with E-state index in [0.29, 0.717) is 6.04 Å². The van der Waals surface area contributed by atoms with Crippen LogP contribution < -0.4 is 0 Å². The van der Waals surface area contributed by atoms with E-state index in [4.69, 9.17) is 4.74 Å². The van der Waals surface area contributed by atoms with Gasteiger partial charge in [-0.3, -0.25) is 0 Å². The topological polar surface area (TPSA) is 12.5 Å². The summed E-state index contributed by atoms with van der Waals surface area (Å²) < 4.78 is 5.38. The summed E-state index contributed by atoms with van der Waals surface area (Å²) >= 11 is 0. The number of hydrogen-bond donors (Lipinski definition) is 0. The van der Waals surface area contributed by atoms with E-state index in [1.807, 2.05) is 0 Å². The predicted molar refractivity (Wildman–Crippen MR) is 54.0 cm³/mol. The summed E-state index contributed by atoms with van der Waals surface area (Å²) in [6.07, 6.45) is 2.39. The lowest BCUT2D eigenvalue weighted by atomic mass is 10.2. The van der Waals surface area contributed by atoms with Gasteiger partial charge in [-0.1, -0.05) is 0 Å². The molecule has 0 atom stereocenters. The van der Waals surface area contributed by atoms with Crippen LogP contribution in [0.15, 0.2) is 0 Å². The van der Waals surface area contributed by atoms with Gasteiger partial charge in [0.15, 0.2) is 0 Å². The van der Waals surface area contributed by atoms with Crippen molar-refractivity contribution in [3.8, 4) is 0 Å². The minimum absolute atomic E-state index is 0. The van der Waals surface area contributed by atoms with Crippen LogP contribution in [0.4, 0.5) is 0 Å². The molecular formula is C9H20ClNO. The Hall–Kier alpha value is 0.210. The fourth-order valence-electron chi connectivity index (χ4n) is 1.47. The van der Waals surface area contributed by atoms with Gasteiger partial charge in [-0.15, -0.1) is 12.4 Å². The summed E-state index contributed by atoms with van der Waals surface area (Å²) in [5.41, 5.74) is 0. The third kappa shape index (κ3) is 4.29. The summed E-state index contributed by atoms with van der Waals surface area (Å²) in [5, 5.41) is 0. The van der Waals surface area contributed by atoms with Gasteiger partial charge in [-0.2, -0.15) is 0 Å². The van der Waals surface area contributed by atoms with Gasteiger partial charge in [-0.25, -0.2) is 0 Å². The molecule has 1 fully saturated rings. The summed E-state index contributed by atoms with van der Waals surface area (Å²) in [6, 6.07) is 0.702. The normalized spacial score (nSPS) is 21.2. The standard InChI is InChI=1S/C9H19NO.ClH/c1-9(2)10-5-3-7-11-8-4-6-10;/h9H,3-8H2,1-2H3;1H. The molecule has 1 aliphatic rings. The van der Waals surface area contributed by atoms with E-state index in [0.717, 1.165) is 13.2 Å². The highest BCUT2D eigenvalue weighted by atomic mass is 35.5. The Morgan fingerprint density at radius 1 is 1.08 bits per heavy atom. The van der Waals surface area contributed by atoms with Crippen molar-refractivity contribution in [3.63, 3.8) is 0 Å². The van der Waals surface area contributed by atoms with Crippen LogP contribution >= 0.6 is 12.4 Å². The zero-order valence-corrected chi connectivity index (χ0v) is 8.90. The van der Waals surface area contributed by atoms with Crippen molar-refractivity contribution in [1.29, 1.82) is 0 Å². The van der Waals surface area contributed by atoms with Gasteiger partial charge in [0.25, 0.3) is 0 Å². The highest BCUT2D eigenvalue weighted by Gasteiger charge is 2.10. The summed E-state index contributed by atoms with van der Waals surface area (Å²) in [7, 11) is 0. The average molecular weight is 194 g/mol. The van der Waals surface area contributed by atoms with E-state index < -0.39 is 0 Å². The van der Waals surface area contributed by atoms with Crippen LogP contribution in [0, 0.1) is 0 Å². The zero-order chi connectivity index (χ0) is 8.10. The lowest BCUT2D eigenvalue weighted by molar-refractivity contribution is 0.0790. The average Bonchev–Trinajstić information content (AvgIpc) is 1.84. The number of halogens is 1. The molecule has 1 aliphatic heterocycles. The van der Waals surface area contributed by atoms with Gasteiger partial charge in [0.2, 0.25) is 0 Å². The molecule has 0 amide bonds. The lowest BCUT2D eigenvalue weighted by Gasteiger charge is -2.28. The molecular weight excluding hydrogens is 174 g/mol. The van der Waals surface area contributed by atoms with E-state index in [9.17, 15) is 0 Å². The van der Waals surface area contributed by atoms with Crippen LogP contribution in [-0.2, 0) is 4.74 Å². The lowest BCUT2D eigenvalue weighted by Crippen LogP contribution is -2.35. The van der Waals surface area contributed by atoms with Crippen molar-refractivity contribution in [2.45, 2.75) is 32.7 Å². The van der Waals surface area contributed by atoms with Crippen molar-refractivity contribution >= 4 is 12.4 Å². The molecule has 1 rings (SSSR count). The van der Waals surface area contributed by atoms with Crippen molar-refractivity contribution in [2.75, 3.05) is 26.3 Å². The van der Waals surface area contributed by atoms with Crippen molar-refractivity contribution in [2.24, 2.45) is 0 Å². The smallest absolute Gasteiger partial charge is 0.0478 e. The monoisotopic (exact) mass is 193 g/mol. The highest BCUT2D eigenvalue weighted by molar-refractivity contribution is 5.85. The molecule has 0 spiro atoms. The van der Waals surface area contributed by atoms with Crippen LogP contribution in [0.25, 0.3) is 0 Å². The zero-order valence-electron chi connectivity index (χ0n) is 8.08. The maximum Gasteiger partial charge on any atom is 0.0478 e. The summed E-state index contributed by atoms with van der Waals surface area (Å²) in [6.45, 7) is 8.84. The Kier molecular flexibility index (Phi) is 6.81. The van der Waals surface area contributed by atoms with Crippen LogP contribution in [0.3, 0.4) is 0 Å². The fourth-order valence-corrected chi connectivity index (χ4v) is 1.47. The van der Waals surface area contributed by atoms with Crippen LogP contribution in [0.2, 0.25) is 0 Å². The molecule has 1 heterocycles. The second-order valence-electron chi connectivity index (χ2n) is 3.45. The van der Waals surface area contributed by atoms with E-state index in [1.165, 1.54) is 25.9 Å². The Balaban J connectivity index is 0.00000121. The fraction of sp³-hybridized carbons (Fsp3) is 1.00. The molecule has 0 N–H and O–H groups in total. The van der Waals surface area contributed by atoms with E-state index >= 15 is 0 Å². The first kappa shape index (κ1) is 12.2. The molecule has 0 unspecified atom stereocenters. The van der Waals surface area contributed by atoms with E-state index in [-0.39, 0.29) is 12.4 Å². The molecule has 0 aromatic carbocycles. The molecule has 1 saturated heterocycles. The largest absolute Gasteiger partial charge is 0.381 e. The molecule has 0 aromatic heterocycles. The number of hydrogen-bond acceptors (Lipinski definition) is 2. The highest BCUT2D eigenvalue weighted by Crippen LogP contribution is 2.04. The Labute approximate surface area is 81.7 Å². The molecule has 0 radical (unpaired) electrons. The molecule has 74 valence electrons. The molecule has 0 bridgehead atoms. The van der Waals surface area contributed by atoms with Gasteiger partial charge >= 0.3 is 0 Å². The first-order valence-corrected chi connectivity index (χ1v) is 4.62. The second-order valence-corrected chi connectivity index (χ2v) is 3.45. The van der Waals surface area contributed by atoms with Gasteiger partial charge in [0, 0.05) is 32.3 Å². The molecule has 2 nitrogen and oxygen atoms in total. The third-order valence-corrected chi connectivity index (χ3v) is 2.20. The van der Waals surface area contributed by atoms with Gasteiger partial charge in [0.05, 0.1) is 0 Å². The Bertz CT molecular complexity index is 101. The number of rotatable bonds is 1. The van der Waals surface area contributed by atoms with Crippen molar-refractivity contribution in [3.05, 3.63) is 0 Å². The Morgan fingerprint density at radius 2 is 1.58 bits per heavy atom. The number of nitrogens with zero attached hydrogens (tertiary/aromatic N) is 1. The Morgan fingerprint density at radius 3 is 2.00 bits per heavy atom. The van der Waals surface area contributed by atoms with Crippen LogP contribution in [0.1, 0.15) is 26.7 Å². The minimum atomic E-state index is 0. The third-order valence-electron chi connectivity index (χ3n) is 2.20. The second kappa shape index (κ2) is 6.70. The minimum Gasteiger partial charge on any atom is -0.381 e. The first-order valence-electron chi connectivity index (χ1n) is 4.62. The van der Waals surface area contributed by atoms with Gasteiger partial charge < -0.3 is 9.64 Å². The first-order chi connectivity index (χ1) is 5.30. The van der Waals surface area contributed by atoms with E-state index in [1.54, 1.807) is 0 Å². The molecule has 12 heavy (non-hydrogen) atoms. The molecule has 0 saturated carbocycles. The molecule has 0 aliphatic carbocycles. The van der Waals surface area contributed by atoms with Gasteiger partial charge in [-0.05, 0) is 26.7 Å². The summed E-state index contributed by atoms with van der Waals surface area (Å²) in [4.78, 5) is 2.53. The van der Waals surface area contributed by atoms with Crippen molar-refractivity contribution < 1.29 is 4.74 Å².